The maximum absolute atomic E-state index is 13.5. The van der Waals surface area contributed by atoms with Crippen molar-refractivity contribution < 1.29 is 22.7 Å². The number of benzene rings is 3. The summed E-state index contributed by atoms with van der Waals surface area (Å²) in [6, 6.07) is 15.4. The SMILES string of the molecule is COc1ccc(C(C)NC(=O)CN(Cc2ccc(Cl)c(Cl)c2)S(=O)(=O)c2ccc(Cl)cc2)cc1OC. The number of ether oxygens (including phenoxy) is 2. The van der Waals surface area contributed by atoms with Crippen LogP contribution >= 0.6 is 34.8 Å². The number of sulfonamides is 1. The Labute approximate surface area is 225 Å². The monoisotopic (exact) mass is 570 g/mol. The summed E-state index contributed by atoms with van der Waals surface area (Å²) in [4.78, 5) is 13.0. The second kappa shape index (κ2) is 12.2. The van der Waals surface area contributed by atoms with E-state index in [2.05, 4.69) is 5.32 Å². The van der Waals surface area contributed by atoms with Gasteiger partial charge >= 0.3 is 0 Å². The number of hydrogen-bond acceptors (Lipinski definition) is 5. The molecule has 192 valence electrons. The van der Waals surface area contributed by atoms with Crippen molar-refractivity contribution in [2.45, 2.75) is 24.4 Å². The Morgan fingerprint density at radius 3 is 2.19 bits per heavy atom. The zero-order valence-electron chi connectivity index (χ0n) is 19.8. The molecule has 1 atom stereocenters. The van der Waals surface area contributed by atoms with E-state index in [9.17, 15) is 13.2 Å². The van der Waals surface area contributed by atoms with Crippen LogP contribution in [0.2, 0.25) is 15.1 Å². The van der Waals surface area contributed by atoms with Crippen LogP contribution in [0.1, 0.15) is 24.1 Å². The number of methoxy groups -OCH3 is 2. The van der Waals surface area contributed by atoms with Crippen LogP contribution < -0.4 is 14.8 Å². The molecular weight excluding hydrogens is 547 g/mol. The van der Waals surface area contributed by atoms with E-state index in [1.807, 2.05) is 0 Å². The van der Waals surface area contributed by atoms with Gasteiger partial charge in [0.2, 0.25) is 15.9 Å². The van der Waals surface area contributed by atoms with E-state index < -0.39 is 28.5 Å². The third kappa shape index (κ3) is 6.83. The molecule has 0 aliphatic heterocycles. The highest BCUT2D eigenvalue weighted by Crippen LogP contribution is 2.30. The Morgan fingerprint density at radius 2 is 1.58 bits per heavy atom. The predicted octanol–water partition coefficient (Wildman–Crippen LogP) is 5.73. The van der Waals surface area contributed by atoms with Gasteiger partial charge in [-0.2, -0.15) is 4.31 Å². The molecule has 0 saturated carbocycles. The third-order valence-corrected chi connectivity index (χ3v) is 8.20. The van der Waals surface area contributed by atoms with E-state index in [1.54, 1.807) is 43.3 Å². The molecule has 0 aromatic heterocycles. The van der Waals surface area contributed by atoms with Gasteiger partial charge in [0.05, 0.1) is 41.7 Å². The van der Waals surface area contributed by atoms with Crippen molar-refractivity contribution in [1.82, 2.24) is 9.62 Å². The number of rotatable bonds is 10. The van der Waals surface area contributed by atoms with E-state index in [0.29, 0.717) is 27.1 Å². The maximum Gasteiger partial charge on any atom is 0.243 e. The highest BCUT2D eigenvalue weighted by atomic mass is 35.5. The van der Waals surface area contributed by atoms with Crippen LogP contribution in [0.3, 0.4) is 0 Å². The van der Waals surface area contributed by atoms with Gasteiger partial charge in [0, 0.05) is 11.6 Å². The van der Waals surface area contributed by atoms with Crippen LogP contribution in [0.15, 0.2) is 65.6 Å². The zero-order valence-corrected chi connectivity index (χ0v) is 22.9. The number of carbonyl (C=O) groups is 1. The van der Waals surface area contributed by atoms with Gasteiger partial charge in [-0.1, -0.05) is 46.9 Å². The molecule has 36 heavy (non-hydrogen) atoms. The van der Waals surface area contributed by atoms with Crippen LogP contribution in [0, 0.1) is 0 Å². The first-order valence-corrected chi connectivity index (χ1v) is 13.3. The average Bonchev–Trinajstić information content (AvgIpc) is 2.85. The van der Waals surface area contributed by atoms with E-state index >= 15 is 0 Å². The molecule has 0 heterocycles. The molecule has 0 saturated heterocycles. The Morgan fingerprint density at radius 1 is 0.917 bits per heavy atom. The Balaban J connectivity index is 1.85. The fourth-order valence-electron chi connectivity index (χ4n) is 3.48. The first-order valence-electron chi connectivity index (χ1n) is 10.8. The quantitative estimate of drug-likeness (QED) is 0.336. The maximum atomic E-state index is 13.5. The van der Waals surface area contributed by atoms with Gasteiger partial charge in [-0.15, -0.1) is 0 Å². The zero-order chi connectivity index (χ0) is 26.5. The van der Waals surface area contributed by atoms with Gasteiger partial charge in [0.1, 0.15) is 0 Å². The van der Waals surface area contributed by atoms with Crippen molar-refractivity contribution in [2.75, 3.05) is 20.8 Å². The molecule has 3 rings (SSSR count). The van der Waals surface area contributed by atoms with Crippen LogP contribution in [0.4, 0.5) is 0 Å². The molecule has 0 radical (unpaired) electrons. The average molecular weight is 572 g/mol. The fourth-order valence-corrected chi connectivity index (χ4v) is 5.31. The summed E-state index contributed by atoms with van der Waals surface area (Å²) >= 11 is 18.1. The molecule has 1 N–H and O–H groups in total. The van der Waals surface area contributed by atoms with Gasteiger partial charge < -0.3 is 14.8 Å². The topological polar surface area (TPSA) is 84.9 Å². The minimum absolute atomic E-state index is 0.00713. The van der Waals surface area contributed by atoms with Gasteiger partial charge in [0.25, 0.3) is 0 Å². The number of hydrogen-bond donors (Lipinski definition) is 1. The molecule has 1 amide bonds. The fraction of sp³-hybridized carbons (Fsp3) is 0.240. The van der Waals surface area contributed by atoms with Crippen molar-refractivity contribution in [3.63, 3.8) is 0 Å². The molecule has 0 spiro atoms. The summed E-state index contributed by atoms with van der Waals surface area (Å²) in [6.07, 6.45) is 0. The Hall–Kier alpha value is -2.49. The molecule has 0 aliphatic rings. The van der Waals surface area contributed by atoms with Crippen LogP contribution in [-0.4, -0.2) is 39.4 Å². The normalized spacial score (nSPS) is 12.3. The van der Waals surface area contributed by atoms with Crippen molar-refractivity contribution in [3.8, 4) is 11.5 Å². The van der Waals surface area contributed by atoms with Gasteiger partial charge in [-0.25, -0.2) is 8.42 Å². The number of nitrogens with one attached hydrogen (secondary N) is 1. The lowest BCUT2D eigenvalue weighted by Gasteiger charge is -2.24. The molecular formula is C25H25Cl3N2O5S. The lowest BCUT2D eigenvalue weighted by atomic mass is 10.1. The number of amides is 1. The van der Waals surface area contributed by atoms with E-state index in [4.69, 9.17) is 44.3 Å². The first-order chi connectivity index (χ1) is 17.0. The second-order valence-corrected chi connectivity index (χ2v) is 11.1. The van der Waals surface area contributed by atoms with Crippen LogP contribution in [0.25, 0.3) is 0 Å². The third-order valence-electron chi connectivity index (χ3n) is 5.40. The molecule has 1 unspecified atom stereocenters. The first kappa shape index (κ1) is 28.1. The Kier molecular flexibility index (Phi) is 9.49. The van der Waals surface area contributed by atoms with Gasteiger partial charge in [-0.05, 0) is 66.6 Å². The molecule has 0 aliphatic carbocycles. The Bertz CT molecular complexity index is 1330. The van der Waals surface area contributed by atoms with Crippen molar-refractivity contribution in [1.29, 1.82) is 0 Å². The van der Waals surface area contributed by atoms with E-state index in [0.717, 1.165) is 9.87 Å². The van der Waals surface area contributed by atoms with Crippen LogP contribution in [-0.2, 0) is 21.4 Å². The van der Waals surface area contributed by atoms with Crippen LogP contribution in [0.5, 0.6) is 11.5 Å². The summed E-state index contributed by atoms with van der Waals surface area (Å²) < 4.78 is 38.6. The van der Waals surface area contributed by atoms with E-state index in [1.165, 1.54) is 38.5 Å². The minimum atomic E-state index is -4.05. The summed E-state index contributed by atoms with van der Waals surface area (Å²) in [5.74, 6) is 0.583. The van der Waals surface area contributed by atoms with Crippen molar-refractivity contribution >= 4 is 50.7 Å². The summed E-state index contributed by atoms with van der Waals surface area (Å²) in [7, 11) is -0.998. The smallest absolute Gasteiger partial charge is 0.243 e. The predicted molar refractivity (Wildman–Crippen MR) is 142 cm³/mol. The lowest BCUT2D eigenvalue weighted by Crippen LogP contribution is -2.41. The molecule has 3 aromatic rings. The summed E-state index contributed by atoms with van der Waals surface area (Å²) in [5, 5.41) is 3.86. The highest BCUT2D eigenvalue weighted by molar-refractivity contribution is 7.89. The van der Waals surface area contributed by atoms with Crippen molar-refractivity contribution in [3.05, 3.63) is 86.9 Å². The molecule has 0 bridgehead atoms. The number of carbonyl (C=O) groups excluding carboxylic acids is 1. The molecule has 3 aromatic carbocycles. The van der Waals surface area contributed by atoms with Gasteiger partial charge in [0.15, 0.2) is 11.5 Å². The second-order valence-electron chi connectivity index (χ2n) is 7.88. The standard InChI is InChI=1S/C25H25Cl3N2O5S/c1-16(18-5-11-23(34-2)24(13-18)35-3)29-25(31)15-30(14-17-4-10-21(27)22(28)12-17)36(32,33)20-8-6-19(26)7-9-20/h4-13,16H,14-15H2,1-3H3,(H,29,31). The van der Waals surface area contributed by atoms with Gasteiger partial charge in [-0.3, -0.25) is 4.79 Å². The number of nitrogens with zero attached hydrogens (tertiary/aromatic N) is 1. The van der Waals surface area contributed by atoms with E-state index in [-0.39, 0.29) is 16.5 Å². The molecule has 0 fully saturated rings. The largest absolute Gasteiger partial charge is 0.493 e. The summed E-state index contributed by atoms with van der Waals surface area (Å²) in [6.45, 7) is 1.26. The molecule has 7 nitrogen and oxygen atoms in total. The highest BCUT2D eigenvalue weighted by Gasteiger charge is 2.28. The minimum Gasteiger partial charge on any atom is -0.493 e. The summed E-state index contributed by atoms with van der Waals surface area (Å²) in [5.41, 5.74) is 1.33. The molecule has 11 heteroatoms. The van der Waals surface area contributed by atoms with Crippen molar-refractivity contribution in [2.24, 2.45) is 0 Å². The number of halogens is 3. The lowest BCUT2D eigenvalue weighted by molar-refractivity contribution is -0.122.